The second-order valence-corrected chi connectivity index (χ2v) is 4.88. The maximum absolute atomic E-state index is 12.8. The van der Waals surface area contributed by atoms with Crippen molar-refractivity contribution in [1.82, 2.24) is 0 Å². The van der Waals surface area contributed by atoms with E-state index in [0.717, 1.165) is 0 Å². The van der Waals surface area contributed by atoms with Crippen LogP contribution in [0.1, 0.15) is 15.9 Å². The largest absolute Gasteiger partial charge is 0.497 e. The molecule has 0 atom stereocenters. The lowest BCUT2D eigenvalue weighted by molar-refractivity contribution is 0.104. The summed E-state index contributed by atoms with van der Waals surface area (Å²) in [6.45, 7) is 0. The van der Waals surface area contributed by atoms with Gasteiger partial charge in [-0.3, -0.25) is 4.79 Å². The Labute approximate surface area is 133 Å². The van der Waals surface area contributed by atoms with E-state index in [0.29, 0.717) is 21.9 Å². The number of halogens is 2. The molecule has 0 saturated carbocycles. The normalized spacial score (nSPS) is 11.7. The van der Waals surface area contributed by atoms with Crippen LogP contribution in [0.25, 0.3) is 5.03 Å². The Hall–Kier alpha value is -2.39. The lowest BCUT2D eigenvalue weighted by Gasteiger charge is -2.00. The number of carbonyl (C=O) groups excluding carboxylic acids is 1. The molecule has 0 saturated heterocycles. The molecule has 112 valence electrons. The van der Waals surface area contributed by atoms with Crippen molar-refractivity contribution in [3.63, 3.8) is 0 Å². The van der Waals surface area contributed by atoms with E-state index in [4.69, 9.17) is 16.3 Å². The highest BCUT2D eigenvalue weighted by molar-refractivity contribution is 6.48. The van der Waals surface area contributed by atoms with Crippen LogP contribution in [0.2, 0.25) is 0 Å². The fraction of sp³-hybridized carbons (Fsp3) is 0.0556. The zero-order chi connectivity index (χ0) is 15.9. The molecule has 2 rings (SSSR count). The predicted molar refractivity (Wildman–Crippen MR) is 86.7 cm³/mol. The van der Waals surface area contributed by atoms with Crippen molar-refractivity contribution in [2.45, 2.75) is 0 Å². The first-order valence-corrected chi connectivity index (χ1v) is 6.96. The molecule has 0 radical (unpaired) electrons. The molecule has 2 nitrogen and oxygen atoms in total. The highest BCUT2D eigenvalue weighted by Gasteiger charge is 2.01. The molecule has 0 amide bonds. The highest BCUT2D eigenvalue weighted by atomic mass is 35.5. The summed E-state index contributed by atoms with van der Waals surface area (Å²) in [5.41, 5.74) is 1.24. The van der Waals surface area contributed by atoms with Gasteiger partial charge in [-0.2, -0.15) is 0 Å². The van der Waals surface area contributed by atoms with Gasteiger partial charge in [-0.25, -0.2) is 4.39 Å². The molecular weight excluding hydrogens is 303 g/mol. The molecule has 0 aliphatic carbocycles. The van der Waals surface area contributed by atoms with Crippen LogP contribution in [0.3, 0.4) is 0 Å². The Kier molecular flexibility index (Phi) is 5.50. The molecular formula is C18H14ClFO2. The molecule has 2 aromatic rings. The average Bonchev–Trinajstić information content (AvgIpc) is 2.55. The molecule has 4 heteroatoms. The lowest BCUT2D eigenvalue weighted by atomic mass is 10.1. The Balaban J connectivity index is 2.05. The second-order valence-electron chi connectivity index (χ2n) is 4.47. The molecule has 0 spiro atoms. The summed E-state index contributed by atoms with van der Waals surface area (Å²) in [5.74, 6) is 0.237. The van der Waals surface area contributed by atoms with Crippen LogP contribution in [-0.2, 0) is 0 Å². The van der Waals surface area contributed by atoms with Crippen molar-refractivity contribution in [3.8, 4) is 5.75 Å². The van der Waals surface area contributed by atoms with Crippen LogP contribution in [0.5, 0.6) is 5.75 Å². The van der Waals surface area contributed by atoms with Crippen LogP contribution in [-0.4, -0.2) is 12.9 Å². The zero-order valence-electron chi connectivity index (χ0n) is 11.9. The average molecular weight is 317 g/mol. The van der Waals surface area contributed by atoms with E-state index in [1.165, 1.54) is 18.2 Å². The number of ether oxygens (including phenoxy) is 1. The molecule has 0 bridgehead atoms. The van der Waals surface area contributed by atoms with Crippen LogP contribution in [0, 0.1) is 5.82 Å². The van der Waals surface area contributed by atoms with E-state index >= 15 is 0 Å². The van der Waals surface area contributed by atoms with Gasteiger partial charge in [-0.05, 0) is 54.1 Å². The number of hydrogen-bond donors (Lipinski definition) is 0. The number of hydrogen-bond acceptors (Lipinski definition) is 2. The summed E-state index contributed by atoms with van der Waals surface area (Å²) in [5, 5.41) is 0.429. The smallest absolute Gasteiger partial charge is 0.185 e. The van der Waals surface area contributed by atoms with Crippen molar-refractivity contribution in [1.29, 1.82) is 0 Å². The van der Waals surface area contributed by atoms with Gasteiger partial charge in [0.25, 0.3) is 0 Å². The quantitative estimate of drug-likeness (QED) is 0.447. The third-order valence-corrected chi connectivity index (χ3v) is 3.33. The highest BCUT2D eigenvalue weighted by Crippen LogP contribution is 2.19. The summed E-state index contributed by atoms with van der Waals surface area (Å²) in [7, 11) is 1.57. The fourth-order valence-electron chi connectivity index (χ4n) is 1.78. The van der Waals surface area contributed by atoms with Crippen molar-refractivity contribution >= 4 is 22.4 Å². The summed E-state index contributed by atoms with van der Waals surface area (Å²) < 4.78 is 17.9. The Morgan fingerprint density at radius 2 is 1.64 bits per heavy atom. The molecule has 0 aliphatic rings. The number of allylic oxidation sites excluding steroid dienone is 3. The van der Waals surface area contributed by atoms with Gasteiger partial charge in [0.15, 0.2) is 5.78 Å². The van der Waals surface area contributed by atoms with Gasteiger partial charge in [0.2, 0.25) is 0 Å². The topological polar surface area (TPSA) is 26.3 Å². The molecule has 0 unspecified atom stereocenters. The first kappa shape index (κ1) is 16.0. The van der Waals surface area contributed by atoms with Crippen LogP contribution in [0.15, 0.2) is 66.8 Å². The number of methoxy groups -OCH3 is 1. The second kappa shape index (κ2) is 7.57. The van der Waals surface area contributed by atoms with E-state index in [1.54, 1.807) is 55.7 Å². The zero-order valence-corrected chi connectivity index (χ0v) is 12.7. The monoisotopic (exact) mass is 316 g/mol. The first-order valence-electron chi connectivity index (χ1n) is 6.58. The molecule has 0 N–H and O–H groups in total. The van der Waals surface area contributed by atoms with Crippen molar-refractivity contribution < 1.29 is 13.9 Å². The maximum Gasteiger partial charge on any atom is 0.185 e. The van der Waals surface area contributed by atoms with Crippen molar-refractivity contribution in [3.05, 3.63) is 83.7 Å². The van der Waals surface area contributed by atoms with Crippen LogP contribution < -0.4 is 4.74 Å². The minimum atomic E-state index is -0.321. The van der Waals surface area contributed by atoms with Gasteiger partial charge >= 0.3 is 0 Å². The van der Waals surface area contributed by atoms with Crippen LogP contribution >= 0.6 is 11.6 Å². The van der Waals surface area contributed by atoms with Gasteiger partial charge in [-0.1, -0.05) is 29.8 Å². The van der Waals surface area contributed by atoms with E-state index in [9.17, 15) is 9.18 Å². The summed E-state index contributed by atoms with van der Waals surface area (Å²) >= 11 is 6.09. The number of carbonyl (C=O) groups is 1. The van der Waals surface area contributed by atoms with E-state index < -0.39 is 0 Å². The summed E-state index contributed by atoms with van der Waals surface area (Å²) in [4.78, 5) is 12.0. The molecule has 2 aromatic carbocycles. The van der Waals surface area contributed by atoms with Gasteiger partial charge in [0, 0.05) is 10.6 Å². The van der Waals surface area contributed by atoms with E-state index in [-0.39, 0.29) is 11.6 Å². The minimum absolute atomic E-state index is 0.137. The molecule has 0 heterocycles. The third-order valence-electron chi connectivity index (χ3n) is 2.98. The predicted octanol–water partition coefficient (Wildman–Crippen LogP) is 4.85. The Bertz CT molecular complexity index is 701. The standard InChI is InChI=1S/C18H14ClFO2/c1-22-16-11-7-14(8-12-16)18(21)4-2-3-17(19)13-5-9-15(20)10-6-13/h2-12H,1H3/b4-2+,17-3-. The molecule has 0 aliphatic heterocycles. The van der Waals surface area contributed by atoms with Gasteiger partial charge in [0.05, 0.1) is 7.11 Å². The SMILES string of the molecule is COc1ccc(C(=O)/C=C/C=C(\Cl)c2ccc(F)cc2)cc1. The minimum Gasteiger partial charge on any atom is -0.497 e. The van der Waals surface area contributed by atoms with Crippen molar-refractivity contribution in [2.75, 3.05) is 7.11 Å². The van der Waals surface area contributed by atoms with Gasteiger partial charge in [-0.15, -0.1) is 0 Å². The number of benzene rings is 2. The van der Waals surface area contributed by atoms with Crippen molar-refractivity contribution in [2.24, 2.45) is 0 Å². The lowest BCUT2D eigenvalue weighted by Crippen LogP contribution is -1.93. The summed E-state index contributed by atoms with van der Waals surface area (Å²) in [6, 6.07) is 12.6. The third kappa shape index (κ3) is 4.30. The molecule has 0 fully saturated rings. The number of rotatable bonds is 5. The van der Waals surface area contributed by atoms with E-state index in [2.05, 4.69) is 0 Å². The summed E-state index contributed by atoms with van der Waals surface area (Å²) in [6.07, 6.45) is 4.59. The first-order chi connectivity index (χ1) is 10.6. The van der Waals surface area contributed by atoms with Gasteiger partial charge < -0.3 is 4.74 Å². The van der Waals surface area contributed by atoms with Gasteiger partial charge in [0.1, 0.15) is 11.6 Å². The number of ketones is 1. The molecule has 22 heavy (non-hydrogen) atoms. The van der Waals surface area contributed by atoms with Crippen LogP contribution in [0.4, 0.5) is 4.39 Å². The Morgan fingerprint density at radius 1 is 1.05 bits per heavy atom. The molecule has 0 aromatic heterocycles. The van der Waals surface area contributed by atoms with E-state index in [1.807, 2.05) is 0 Å². The fourth-order valence-corrected chi connectivity index (χ4v) is 1.98. The maximum atomic E-state index is 12.8. The Morgan fingerprint density at radius 3 is 2.23 bits per heavy atom.